The number of aromatic nitrogens is 3. The number of rotatable bonds is 10. The van der Waals surface area contributed by atoms with Crippen LogP contribution in [0.1, 0.15) is 51.8 Å². The van der Waals surface area contributed by atoms with Crippen LogP contribution in [0.4, 0.5) is 0 Å². The molecule has 3 rings (SSSR count). The maximum atomic E-state index is 6.76. The highest BCUT2D eigenvalue weighted by atomic mass is 16.5. The summed E-state index contributed by atoms with van der Waals surface area (Å²) in [5, 5.41) is 7.11. The molecule has 3 heterocycles. The zero-order valence-corrected chi connectivity index (χ0v) is 21.7. The number of hydrogen-bond donors (Lipinski definition) is 2. The summed E-state index contributed by atoms with van der Waals surface area (Å²) >= 11 is 0. The minimum Gasteiger partial charge on any atom is -0.481 e. The number of aromatic amines is 1. The van der Waals surface area contributed by atoms with Crippen LogP contribution < -0.4 is 10.5 Å². The summed E-state index contributed by atoms with van der Waals surface area (Å²) in [5.41, 5.74) is 13.9. The molecule has 1 saturated heterocycles. The molecule has 0 radical (unpaired) electrons. The van der Waals surface area contributed by atoms with Crippen molar-refractivity contribution in [2.24, 2.45) is 5.73 Å². The van der Waals surface area contributed by atoms with Crippen LogP contribution in [0.2, 0.25) is 0 Å². The van der Waals surface area contributed by atoms with Crippen LogP contribution in [-0.4, -0.2) is 53.0 Å². The first-order chi connectivity index (χ1) is 16.9. The van der Waals surface area contributed by atoms with E-state index in [0.717, 1.165) is 72.7 Å². The fraction of sp³-hybridized carbons (Fsp3) is 0.429. The summed E-state index contributed by atoms with van der Waals surface area (Å²) in [6.07, 6.45) is 12.9. The van der Waals surface area contributed by atoms with E-state index in [4.69, 9.17) is 15.2 Å². The largest absolute Gasteiger partial charge is 0.481 e. The highest BCUT2D eigenvalue weighted by Gasteiger charge is 2.20. The lowest BCUT2D eigenvalue weighted by Crippen LogP contribution is -2.42. The molecule has 1 aliphatic heterocycles. The lowest BCUT2D eigenvalue weighted by molar-refractivity contribution is 0.0171. The second-order valence-electron chi connectivity index (χ2n) is 8.90. The Morgan fingerprint density at radius 3 is 2.74 bits per heavy atom. The standard InChI is InChI=1S/C28H39N5O2/c1-6-7-8-26(29)28(20(2)9-11-24-13-14-31-32-24)25(23-10-12-27(34-5)30-18-23)17-21(3)33-15-16-35-19-22(33)4/h8-10,12-14,17-18,22H,6-7,11,15-16,19,29H2,1-5H3,(H,31,32)/b20-9-,21-17+,26-8-,28-25+. The third-order valence-corrected chi connectivity index (χ3v) is 6.22. The number of methoxy groups -OCH3 is 1. The highest BCUT2D eigenvalue weighted by molar-refractivity contribution is 5.83. The molecule has 0 amide bonds. The van der Waals surface area contributed by atoms with Crippen LogP contribution in [0.25, 0.3) is 5.57 Å². The van der Waals surface area contributed by atoms with Crippen molar-refractivity contribution in [2.45, 2.75) is 53.0 Å². The Labute approximate surface area is 209 Å². The number of hydrogen-bond acceptors (Lipinski definition) is 6. The van der Waals surface area contributed by atoms with Gasteiger partial charge in [-0.25, -0.2) is 4.98 Å². The first kappa shape index (κ1) is 26.3. The molecule has 0 aliphatic carbocycles. The van der Waals surface area contributed by atoms with E-state index >= 15 is 0 Å². The number of nitrogens with zero attached hydrogens (tertiary/aromatic N) is 3. The Morgan fingerprint density at radius 2 is 2.11 bits per heavy atom. The molecule has 35 heavy (non-hydrogen) atoms. The van der Waals surface area contributed by atoms with Crippen LogP contribution in [0.5, 0.6) is 5.88 Å². The van der Waals surface area contributed by atoms with Gasteiger partial charge < -0.3 is 20.1 Å². The van der Waals surface area contributed by atoms with Gasteiger partial charge >= 0.3 is 0 Å². The summed E-state index contributed by atoms with van der Waals surface area (Å²) in [4.78, 5) is 6.89. The van der Waals surface area contributed by atoms with E-state index in [2.05, 4.69) is 66.0 Å². The van der Waals surface area contributed by atoms with Gasteiger partial charge in [0.15, 0.2) is 0 Å². The molecule has 1 unspecified atom stereocenters. The van der Waals surface area contributed by atoms with Gasteiger partial charge in [-0.05, 0) is 56.5 Å². The first-order valence-corrected chi connectivity index (χ1v) is 12.3. The van der Waals surface area contributed by atoms with E-state index < -0.39 is 0 Å². The average molecular weight is 478 g/mol. The molecule has 3 N–H and O–H groups in total. The third-order valence-electron chi connectivity index (χ3n) is 6.22. The van der Waals surface area contributed by atoms with Crippen molar-refractivity contribution in [3.05, 3.63) is 82.6 Å². The smallest absolute Gasteiger partial charge is 0.212 e. The molecule has 0 saturated carbocycles. The molecular formula is C28H39N5O2. The van der Waals surface area contributed by atoms with Crippen molar-refractivity contribution in [1.82, 2.24) is 20.1 Å². The number of pyridine rings is 1. The van der Waals surface area contributed by atoms with Crippen LogP contribution in [0.15, 0.2) is 71.4 Å². The van der Waals surface area contributed by atoms with Gasteiger partial charge in [0.2, 0.25) is 5.88 Å². The number of unbranched alkanes of at least 4 members (excludes halogenated alkanes) is 1. The van der Waals surface area contributed by atoms with Crippen molar-refractivity contribution >= 4 is 5.57 Å². The van der Waals surface area contributed by atoms with Crippen molar-refractivity contribution < 1.29 is 9.47 Å². The molecular weight excluding hydrogens is 438 g/mol. The number of nitrogens with two attached hydrogens (primary N) is 1. The summed E-state index contributed by atoms with van der Waals surface area (Å²) < 4.78 is 11.0. The second kappa shape index (κ2) is 13.0. The van der Waals surface area contributed by atoms with E-state index in [0.29, 0.717) is 11.9 Å². The SMILES string of the molecule is CCC/C=C(N)/C(C(/C)=C\Cc1ccn[nH]1)=C(\C=C(/C)N1CCOCC1C)c1ccc(OC)nc1. The van der Waals surface area contributed by atoms with Crippen molar-refractivity contribution in [2.75, 3.05) is 26.9 Å². The third kappa shape index (κ3) is 7.09. The summed E-state index contributed by atoms with van der Waals surface area (Å²) in [6, 6.07) is 6.23. The molecule has 1 aliphatic rings. The van der Waals surface area contributed by atoms with E-state index in [1.54, 1.807) is 13.3 Å². The van der Waals surface area contributed by atoms with Crippen molar-refractivity contribution in [3.63, 3.8) is 0 Å². The lowest BCUT2D eigenvalue weighted by atomic mass is 9.91. The molecule has 1 atom stereocenters. The first-order valence-electron chi connectivity index (χ1n) is 12.3. The fourth-order valence-electron chi connectivity index (χ4n) is 4.26. The topological polar surface area (TPSA) is 89.3 Å². The maximum absolute atomic E-state index is 6.76. The highest BCUT2D eigenvalue weighted by Crippen LogP contribution is 2.31. The zero-order valence-electron chi connectivity index (χ0n) is 21.7. The molecule has 7 heteroatoms. The zero-order chi connectivity index (χ0) is 25.2. The van der Waals surface area contributed by atoms with E-state index in [1.165, 1.54) is 5.70 Å². The second-order valence-corrected chi connectivity index (χ2v) is 8.90. The Morgan fingerprint density at radius 1 is 1.29 bits per heavy atom. The number of allylic oxidation sites excluding steroid dienone is 6. The van der Waals surface area contributed by atoms with Crippen LogP contribution in [0, 0.1) is 0 Å². The van der Waals surface area contributed by atoms with Gasteiger partial charge in [0, 0.05) is 65.7 Å². The normalized spacial score (nSPS) is 18.5. The van der Waals surface area contributed by atoms with Crippen LogP contribution >= 0.6 is 0 Å². The monoisotopic (exact) mass is 477 g/mol. The number of H-pyrrole nitrogens is 1. The molecule has 7 nitrogen and oxygen atoms in total. The van der Waals surface area contributed by atoms with Gasteiger partial charge in [0.05, 0.1) is 20.3 Å². The summed E-state index contributed by atoms with van der Waals surface area (Å²) in [6.45, 7) is 11.0. The van der Waals surface area contributed by atoms with Crippen molar-refractivity contribution in [3.8, 4) is 5.88 Å². The summed E-state index contributed by atoms with van der Waals surface area (Å²) in [5.74, 6) is 0.582. The van der Waals surface area contributed by atoms with Gasteiger partial charge in [0.25, 0.3) is 0 Å². The van der Waals surface area contributed by atoms with E-state index in [9.17, 15) is 0 Å². The van der Waals surface area contributed by atoms with Gasteiger partial charge in [-0.15, -0.1) is 0 Å². The Bertz CT molecular complexity index is 1070. The number of nitrogens with one attached hydrogen (secondary N) is 1. The van der Waals surface area contributed by atoms with Gasteiger partial charge in [-0.1, -0.05) is 25.5 Å². The Kier molecular flexibility index (Phi) is 9.73. The molecule has 0 bridgehead atoms. The van der Waals surface area contributed by atoms with E-state index in [-0.39, 0.29) is 0 Å². The molecule has 0 spiro atoms. The minimum atomic E-state index is 0.309. The van der Waals surface area contributed by atoms with Crippen LogP contribution in [0.3, 0.4) is 0 Å². The quantitative estimate of drug-likeness (QED) is 0.467. The Balaban J connectivity index is 2.18. The number of ether oxygens (including phenoxy) is 2. The molecule has 2 aromatic heterocycles. The minimum absolute atomic E-state index is 0.309. The maximum Gasteiger partial charge on any atom is 0.212 e. The molecule has 1 fully saturated rings. The van der Waals surface area contributed by atoms with E-state index in [1.807, 2.05) is 24.4 Å². The van der Waals surface area contributed by atoms with Gasteiger partial charge in [-0.2, -0.15) is 5.10 Å². The van der Waals surface area contributed by atoms with Crippen molar-refractivity contribution in [1.29, 1.82) is 0 Å². The average Bonchev–Trinajstić information content (AvgIpc) is 3.40. The predicted octanol–water partition coefficient (Wildman–Crippen LogP) is 5.02. The predicted molar refractivity (Wildman–Crippen MR) is 142 cm³/mol. The fourth-order valence-corrected chi connectivity index (χ4v) is 4.26. The van der Waals surface area contributed by atoms with Gasteiger partial charge in [0.1, 0.15) is 0 Å². The molecule has 2 aromatic rings. The summed E-state index contributed by atoms with van der Waals surface area (Å²) in [7, 11) is 1.63. The van der Waals surface area contributed by atoms with Gasteiger partial charge in [-0.3, -0.25) is 5.10 Å². The lowest BCUT2D eigenvalue weighted by Gasteiger charge is -2.36. The molecule has 188 valence electrons. The Hall–Kier alpha value is -3.32. The number of morpholine rings is 1. The van der Waals surface area contributed by atoms with Crippen LogP contribution in [-0.2, 0) is 11.2 Å². The molecule has 0 aromatic carbocycles.